The number of nitrogens with one attached hydrogen (secondary N) is 1. The second-order valence-electron chi connectivity index (χ2n) is 6.97. The summed E-state index contributed by atoms with van der Waals surface area (Å²) >= 11 is 0. The molecule has 0 saturated carbocycles. The molecule has 1 aliphatic heterocycles. The third kappa shape index (κ3) is 4.34. The Hall–Kier alpha value is -3.27. The number of ether oxygens (including phenoxy) is 1. The van der Waals surface area contributed by atoms with Gasteiger partial charge >= 0.3 is 0 Å². The third-order valence-electron chi connectivity index (χ3n) is 5.06. The SMILES string of the molecule is O=C(NCC1CCCN1c1ccccc1)c1ccc(Oc2ccccc2)cc1. The lowest BCUT2D eigenvalue weighted by atomic mass is 10.1. The lowest BCUT2D eigenvalue weighted by Gasteiger charge is -2.27. The lowest BCUT2D eigenvalue weighted by Crippen LogP contribution is -2.40. The highest BCUT2D eigenvalue weighted by molar-refractivity contribution is 5.94. The van der Waals surface area contributed by atoms with E-state index in [0.717, 1.165) is 25.1 Å². The van der Waals surface area contributed by atoms with Crippen LogP contribution in [0.3, 0.4) is 0 Å². The monoisotopic (exact) mass is 372 g/mol. The molecule has 4 heteroatoms. The second kappa shape index (κ2) is 8.61. The van der Waals surface area contributed by atoms with Crippen LogP contribution in [0.1, 0.15) is 23.2 Å². The average molecular weight is 372 g/mol. The molecule has 4 nitrogen and oxygen atoms in total. The number of hydrogen-bond acceptors (Lipinski definition) is 3. The maximum absolute atomic E-state index is 12.5. The molecule has 1 aliphatic rings. The normalized spacial score (nSPS) is 16.0. The maximum atomic E-state index is 12.5. The van der Waals surface area contributed by atoms with E-state index in [9.17, 15) is 4.79 Å². The van der Waals surface area contributed by atoms with E-state index < -0.39 is 0 Å². The highest BCUT2D eigenvalue weighted by Crippen LogP contribution is 2.25. The summed E-state index contributed by atoms with van der Waals surface area (Å²) < 4.78 is 5.78. The molecule has 1 saturated heterocycles. The second-order valence-corrected chi connectivity index (χ2v) is 6.97. The predicted molar refractivity (Wildman–Crippen MR) is 112 cm³/mol. The molecule has 0 aliphatic carbocycles. The van der Waals surface area contributed by atoms with Crippen LogP contribution in [0.15, 0.2) is 84.9 Å². The molecule has 0 aromatic heterocycles. The van der Waals surface area contributed by atoms with Gasteiger partial charge < -0.3 is 15.0 Å². The van der Waals surface area contributed by atoms with Gasteiger partial charge in [0.15, 0.2) is 0 Å². The molecule has 3 aromatic rings. The molecule has 1 fully saturated rings. The van der Waals surface area contributed by atoms with Crippen molar-refractivity contribution < 1.29 is 9.53 Å². The van der Waals surface area contributed by atoms with E-state index in [1.54, 1.807) is 12.1 Å². The van der Waals surface area contributed by atoms with Crippen LogP contribution < -0.4 is 15.0 Å². The zero-order valence-corrected chi connectivity index (χ0v) is 15.8. The van der Waals surface area contributed by atoms with Gasteiger partial charge in [-0.25, -0.2) is 0 Å². The summed E-state index contributed by atoms with van der Waals surface area (Å²) in [5.74, 6) is 1.45. The van der Waals surface area contributed by atoms with Gasteiger partial charge in [0.2, 0.25) is 0 Å². The van der Waals surface area contributed by atoms with Crippen molar-refractivity contribution in [3.8, 4) is 11.5 Å². The minimum absolute atomic E-state index is 0.0498. The van der Waals surface area contributed by atoms with E-state index in [2.05, 4.69) is 34.5 Å². The Morgan fingerprint density at radius 2 is 1.54 bits per heavy atom. The van der Waals surface area contributed by atoms with Crippen LogP contribution >= 0.6 is 0 Å². The maximum Gasteiger partial charge on any atom is 0.251 e. The Morgan fingerprint density at radius 1 is 0.893 bits per heavy atom. The zero-order chi connectivity index (χ0) is 19.2. The molecule has 4 rings (SSSR count). The molecule has 1 unspecified atom stereocenters. The van der Waals surface area contributed by atoms with Gasteiger partial charge in [0.25, 0.3) is 5.91 Å². The van der Waals surface area contributed by atoms with Crippen LogP contribution in [0.4, 0.5) is 5.69 Å². The first-order valence-electron chi connectivity index (χ1n) is 9.72. The molecule has 1 heterocycles. The van der Waals surface area contributed by atoms with Gasteiger partial charge in [0.1, 0.15) is 11.5 Å². The summed E-state index contributed by atoms with van der Waals surface area (Å²) in [5.41, 5.74) is 1.87. The Bertz CT molecular complexity index is 895. The van der Waals surface area contributed by atoms with Crippen molar-refractivity contribution in [2.75, 3.05) is 18.0 Å². The smallest absolute Gasteiger partial charge is 0.251 e. The molecule has 1 N–H and O–H groups in total. The van der Waals surface area contributed by atoms with Crippen LogP contribution in [-0.2, 0) is 0 Å². The van der Waals surface area contributed by atoms with Crippen molar-refractivity contribution >= 4 is 11.6 Å². The number of carbonyl (C=O) groups is 1. The Kier molecular flexibility index (Phi) is 5.57. The highest BCUT2D eigenvalue weighted by atomic mass is 16.5. The first-order valence-corrected chi connectivity index (χ1v) is 9.72. The molecule has 1 amide bonds. The predicted octanol–water partition coefficient (Wildman–Crippen LogP) is 4.88. The summed E-state index contributed by atoms with van der Waals surface area (Å²) in [7, 11) is 0. The van der Waals surface area contributed by atoms with Gasteiger partial charge in [-0.1, -0.05) is 36.4 Å². The van der Waals surface area contributed by atoms with Crippen molar-refractivity contribution in [1.82, 2.24) is 5.32 Å². The Labute approximate surface area is 165 Å². The highest BCUT2D eigenvalue weighted by Gasteiger charge is 2.25. The molecule has 3 aromatic carbocycles. The number of rotatable bonds is 6. The average Bonchev–Trinajstić information content (AvgIpc) is 3.23. The topological polar surface area (TPSA) is 41.6 Å². The van der Waals surface area contributed by atoms with Crippen molar-refractivity contribution in [2.45, 2.75) is 18.9 Å². The largest absolute Gasteiger partial charge is 0.457 e. The quantitative estimate of drug-likeness (QED) is 0.671. The van der Waals surface area contributed by atoms with E-state index >= 15 is 0 Å². The fraction of sp³-hybridized carbons (Fsp3) is 0.208. The van der Waals surface area contributed by atoms with Crippen LogP contribution in [0.2, 0.25) is 0 Å². The van der Waals surface area contributed by atoms with Gasteiger partial charge in [0.05, 0.1) is 0 Å². The standard InChI is InChI=1S/C24H24N2O2/c27-24(19-13-15-23(16-14-19)28-22-11-5-2-6-12-22)25-18-21-10-7-17-26(21)20-8-3-1-4-9-20/h1-6,8-9,11-16,21H,7,10,17-18H2,(H,25,27). The molecule has 0 radical (unpaired) electrons. The van der Waals surface area contributed by atoms with Gasteiger partial charge in [-0.15, -0.1) is 0 Å². The number of hydrogen-bond donors (Lipinski definition) is 1. The van der Waals surface area contributed by atoms with E-state index in [1.165, 1.54) is 5.69 Å². The molecular formula is C24H24N2O2. The molecule has 0 spiro atoms. The van der Waals surface area contributed by atoms with E-state index in [-0.39, 0.29) is 5.91 Å². The Morgan fingerprint density at radius 3 is 2.25 bits per heavy atom. The first kappa shape index (κ1) is 18.1. The van der Waals surface area contributed by atoms with Crippen molar-refractivity contribution in [3.63, 3.8) is 0 Å². The number of carbonyl (C=O) groups excluding carboxylic acids is 1. The Balaban J connectivity index is 1.33. The number of nitrogens with zero attached hydrogens (tertiary/aromatic N) is 1. The van der Waals surface area contributed by atoms with Crippen LogP contribution in [0.25, 0.3) is 0 Å². The van der Waals surface area contributed by atoms with Crippen molar-refractivity contribution in [2.24, 2.45) is 0 Å². The fourth-order valence-corrected chi connectivity index (χ4v) is 3.62. The van der Waals surface area contributed by atoms with Crippen LogP contribution in [-0.4, -0.2) is 25.0 Å². The summed E-state index contributed by atoms with van der Waals surface area (Å²) in [6, 6.07) is 27.6. The number of anilines is 1. The van der Waals surface area contributed by atoms with Gasteiger partial charge in [-0.3, -0.25) is 4.79 Å². The summed E-state index contributed by atoms with van der Waals surface area (Å²) in [5, 5.41) is 3.09. The van der Waals surface area contributed by atoms with Gasteiger partial charge in [-0.05, 0) is 61.4 Å². The fourth-order valence-electron chi connectivity index (χ4n) is 3.62. The van der Waals surface area contributed by atoms with Crippen LogP contribution in [0.5, 0.6) is 11.5 Å². The van der Waals surface area contributed by atoms with Crippen molar-refractivity contribution in [1.29, 1.82) is 0 Å². The minimum Gasteiger partial charge on any atom is -0.457 e. The van der Waals surface area contributed by atoms with Gasteiger partial charge in [0, 0.05) is 30.4 Å². The number of amides is 1. The lowest BCUT2D eigenvalue weighted by molar-refractivity contribution is 0.0951. The zero-order valence-electron chi connectivity index (χ0n) is 15.8. The molecule has 142 valence electrons. The van der Waals surface area contributed by atoms with Crippen molar-refractivity contribution in [3.05, 3.63) is 90.5 Å². The summed E-state index contributed by atoms with van der Waals surface area (Å²) in [6.45, 7) is 1.69. The third-order valence-corrected chi connectivity index (χ3v) is 5.06. The minimum atomic E-state index is -0.0498. The molecule has 28 heavy (non-hydrogen) atoms. The molecule has 1 atom stereocenters. The van der Waals surface area contributed by atoms with Gasteiger partial charge in [-0.2, -0.15) is 0 Å². The molecule has 0 bridgehead atoms. The number of para-hydroxylation sites is 2. The van der Waals surface area contributed by atoms with E-state index in [4.69, 9.17) is 4.74 Å². The van der Waals surface area contributed by atoms with Crippen LogP contribution in [0, 0.1) is 0 Å². The van der Waals surface area contributed by atoms with E-state index in [1.807, 2.05) is 48.5 Å². The number of benzene rings is 3. The van der Waals surface area contributed by atoms with E-state index in [0.29, 0.717) is 23.9 Å². The summed E-state index contributed by atoms with van der Waals surface area (Å²) in [4.78, 5) is 14.9. The molecular weight excluding hydrogens is 348 g/mol. The first-order chi connectivity index (χ1) is 13.8. The summed E-state index contributed by atoms with van der Waals surface area (Å²) in [6.07, 6.45) is 2.25.